The van der Waals surface area contributed by atoms with E-state index in [1.54, 1.807) is 12.5 Å². The second kappa shape index (κ2) is 6.07. The van der Waals surface area contributed by atoms with Gasteiger partial charge in [-0.15, -0.1) is 0 Å². The summed E-state index contributed by atoms with van der Waals surface area (Å²) in [5.41, 5.74) is 1.45. The molecule has 2 aliphatic rings. The van der Waals surface area contributed by atoms with Crippen molar-refractivity contribution in [1.82, 2.24) is 0 Å². The van der Waals surface area contributed by atoms with E-state index in [1.165, 1.54) is 11.1 Å². The van der Waals surface area contributed by atoms with Gasteiger partial charge in [-0.2, -0.15) is 0 Å². The van der Waals surface area contributed by atoms with Gasteiger partial charge in [0, 0.05) is 0 Å². The molecule has 0 spiro atoms. The van der Waals surface area contributed by atoms with Crippen LogP contribution in [0.25, 0.3) is 0 Å². The topological polar surface area (TPSA) is 70.7 Å². The van der Waals surface area contributed by atoms with Crippen LogP contribution in [-0.2, 0) is 11.2 Å². The Morgan fingerprint density at radius 3 is 2.75 bits per heavy atom. The highest BCUT2D eigenvalue weighted by molar-refractivity contribution is 5.75. The highest BCUT2D eigenvalue weighted by Gasteiger charge is 2.58. The van der Waals surface area contributed by atoms with Crippen molar-refractivity contribution < 1.29 is 19.4 Å². The number of aryl methyl sites for hydroxylation is 1. The summed E-state index contributed by atoms with van der Waals surface area (Å²) in [5.74, 6) is -0.428. The second-order valence-corrected chi connectivity index (χ2v) is 8.25. The summed E-state index contributed by atoms with van der Waals surface area (Å²) in [6.07, 6.45) is 8.84. The molecule has 5 atom stereocenters. The van der Waals surface area contributed by atoms with E-state index in [1.807, 2.05) is 13.0 Å². The smallest absolute Gasteiger partial charge is 0.309 e. The van der Waals surface area contributed by atoms with Crippen molar-refractivity contribution in [3.05, 3.63) is 35.8 Å². The average molecular weight is 332 g/mol. The van der Waals surface area contributed by atoms with Crippen LogP contribution < -0.4 is 0 Å². The second-order valence-electron chi connectivity index (χ2n) is 8.25. The Kier molecular flexibility index (Phi) is 4.37. The third-order valence-corrected chi connectivity index (χ3v) is 6.71. The minimum atomic E-state index is -0.864. The zero-order chi connectivity index (χ0) is 17.5. The molecule has 3 rings (SSSR count). The predicted molar refractivity (Wildman–Crippen MR) is 91.5 cm³/mol. The van der Waals surface area contributed by atoms with Gasteiger partial charge in [-0.05, 0) is 74.8 Å². The first-order valence-corrected chi connectivity index (χ1v) is 8.86. The van der Waals surface area contributed by atoms with E-state index < -0.39 is 17.5 Å². The molecule has 132 valence electrons. The molecular formula is C20H28O4. The van der Waals surface area contributed by atoms with E-state index in [-0.39, 0.29) is 11.3 Å². The molecule has 5 unspecified atom stereocenters. The van der Waals surface area contributed by atoms with Gasteiger partial charge in [0.2, 0.25) is 0 Å². The number of aliphatic carboxylic acids is 1. The summed E-state index contributed by atoms with van der Waals surface area (Å²) < 4.78 is 5.16. The Hall–Kier alpha value is -1.55. The number of furan rings is 1. The van der Waals surface area contributed by atoms with Crippen LogP contribution in [0.5, 0.6) is 0 Å². The molecule has 2 aliphatic carbocycles. The van der Waals surface area contributed by atoms with Crippen LogP contribution in [-0.4, -0.2) is 22.3 Å². The molecule has 0 aliphatic heterocycles. The lowest BCUT2D eigenvalue weighted by Crippen LogP contribution is -2.56. The van der Waals surface area contributed by atoms with Gasteiger partial charge in [-0.25, -0.2) is 0 Å². The molecule has 4 nitrogen and oxygen atoms in total. The molecule has 1 heterocycles. The highest BCUT2D eigenvalue weighted by atomic mass is 16.4. The summed E-state index contributed by atoms with van der Waals surface area (Å²) in [4.78, 5) is 12.0. The Balaban J connectivity index is 1.92. The van der Waals surface area contributed by atoms with E-state index in [9.17, 15) is 15.0 Å². The molecule has 4 heteroatoms. The van der Waals surface area contributed by atoms with Crippen LogP contribution in [0.1, 0.15) is 52.0 Å². The van der Waals surface area contributed by atoms with Crippen molar-refractivity contribution in [1.29, 1.82) is 0 Å². The first-order valence-electron chi connectivity index (χ1n) is 8.86. The number of carboxylic acids is 1. The van der Waals surface area contributed by atoms with E-state index >= 15 is 0 Å². The minimum absolute atomic E-state index is 0.0592. The van der Waals surface area contributed by atoms with Crippen molar-refractivity contribution in [3.63, 3.8) is 0 Å². The molecule has 0 aromatic carbocycles. The molecule has 0 bridgehead atoms. The molecule has 0 amide bonds. The lowest BCUT2D eigenvalue weighted by Gasteiger charge is -2.57. The monoisotopic (exact) mass is 332 g/mol. The molecule has 1 aromatic rings. The van der Waals surface area contributed by atoms with Crippen LogP contribution in [0, 0.1) is 22.7 Å². The van der Waals surface area contributed by atoms with Gasteiger partial charge < -0.3 is 14.6 Å². The first kappa shape index (κ1) is 17.3. The fraction of sp³-hybridized carbons (Fsp3) is 0.650. The number of hydrogen-bond acceptors (Lipinski definition) is 3. The van der Waals surface area contributed by atoms with Crippen molar-refractivity contribution >= 4 is 5.97 Å². The van der Waals surface area contributed by atoms with E-state index in [0.29, 0.717) is 18.8 Å². The van der Waals surface area contributed by atoms with Crippen LogP contribution >= 0.6 is 0 Å². The van der Waals surface area contributed by atoms with Crippen LogP contribution in [0.2, 0.25) is 0 Å². The normalized spacial score (nSPS) is 39.2. The van der Waals surface area contributed by atoms with E-state index in [0.717, 1.165) is 19.3 Å². The highest BCUT2D eigenvalue weighted by Crippen LogP contribution is 2.60. The van der Waals surface area contributed by atoms with Crippen molar-refractivity contribution in [3.8, 4) is 0 Å². The lowest BCUT2D eigenvalue weighted by atomic mass is 9.47. The molecular weight excluding hydrogens is 304 g/mol. The quantitative estimate of drug-likeness (QED) is 0.816. The van der Waals surface area contributed by atoms with E-state index in [4.69, 9.17) is 4.42 Å². The van der Waals surface area contributed by atoms with Gasteiger partial charge in [0.15, 0.2) is 0 Å². The van der Waals surface area contributed by atoms with Gasteiger partial charge >= 0.3 is 5.97 Å². The number of aliphatic hydroxyl groups excluding tert-OH is 1. The molecule has 24 heavy (non-hydrogen) atoms. The average Bonchev–Trinajstić information content (AvgIpc) is 2.98. The summed E-state index contributed by atoms with van der Waals surface area (Å²) in [7, 11) is 0. The van der Waals surface area contributed by atoms with Crippen LogP contribution in [0.3, 0.4) is 0 Å². The molecule has 1 fully saturated rings. The van der Waals surface area contributed by atoms with Gasteiger partial charge in [0.25, 0.3) is 0 Å². The summed E-state index contributed by atoms with van der Waals surface area (Å²) in [6.45, 7) is 6.17. The maximum Gasteiger partial charge on any atom is 0.309 e. The van der Waals surface area contributed by atoms with Crippen molar-refractivity contribution in [2.24, 2.45) is 22.7 Å². The first-order chi connectivity index (χ1) is 11.3. The number of aliphatic hydroxyl groups is 1. The molecule has 1 saturated carbocycles. The largest absolute Gasteiger partial charge is 0.481 e. The van der Waals surface area contributed by atoms with Crippen molar-refractivity contribution in [2.45, 2.75) is 59.0 Å². The van der Waals surface area contributed by atoms with Gasteiger partial charge in [-0.1, -0.05) is 18.6 Å². The number of allylic oxidation sites excluding steroid dienone is 2. The minimum Gasteiger partial charge on any atom is -0.481 e. The number of hydrogen-bond donors (Lipinski definition) is 2. The Morgan fingerprint density at radius 1 is 1.38 bits per heavy atom. The number of fused-ring (bicyclic) bond motifs is 1. The summed E-state index contributed by atoms with van der Waals surface area (Å²) >= 11 is 0. The summed E-state index contributed by atoms with van der Waals surface area (Å²) in [6, 6.07) is 1.98. The SMILES string of the molecule is CC1=CCC2C(C)(C(=O)O)CC(O)CC2(C)C1CCc1ccoc1. The third-order valence-electron chi connectivity index (χ3n) is 6.71. The molecule has 2 N–H and O–H groups in total. The molecule has 0 radical (unpaired) electrons. The number of carbonyl (C=O) groups is 1. The van der Waals surface area contributed by atoms with Gasteiger partial charge in [0.1, 0.15) is 0 Å². The van der Waals surface area contributed by atoms with E-state index in [2.05, 4.69) is 19.9 Å². The number of carboxylic acid groups (broad SMARTS) is 1. The van der Waals surface area contributed by atoms with Gasteiger partial charge in [-0.3, -0.25) is 4.79 Å². The van der Waals surface area contributed by atoms with Gasteiger partial charge in [0.05, 0.1) is 24.0 Å². The zero-order valence-corrected chi connectivity index (χ0v) is 14.8. The third kappa shape index (κ3) is 2.71. The lowest BCUT2D eigenvalue weighted by molar-refractivity contribution is -0.170. The number of rotatable bonds is 4. The molecule has 0 saturated heterocycles. The van der Waals surface area contributed by atoms with Crippen LogP contribution in [0.15, 0.2) is 34.7 Å². The van der Waals surface area contributed by atoms with Crippen LogP contribution in [0.4, 0.5) is 0 Å². The maximum atomic E-state index is 12.0. The molecule has 1 aromatic heterocycles. The Labute approximate surface area is 143 Å². The standard InChI is InChI=1S/C20H28O4/c1-13-4-7-17-19(2,10-15(21)11-20(17,3)18(22)23)16(13)6-5-14-8-9-24-12-14/h4,8-9,12,15-17,21H,5-7,10-11H2,1-3H3,(H,22,23). The summed E-state index contributed by atoms with van der Waals surface area (Å²) in [5, 5.41) is 20.3. The predicted octanol–water partition coefficient (Wildman–Crippen LogP) is 4.05. The maximum absolute atomic E-state index is 12.0. The zero-order valence-electron chi connectivity index (χ0n) is 14.8. The van der Waals surface area contributed by atoms with Crippen molar-refractivity contribution in [2.75, 3.05) is 0 Å². The fourth-order valence-electron chi connectivity index (χ4n) is 5.50. The Bertz CT molecular complexity index is 632. The fourth-order valence-corrected chi connectivity index (χ4v) is 5.50. The Morgan fingerprint density at radius 2 is 2.12 bits per heavy atom.